The highest BCUT2D eigenvalue weighted by Crippen LogP contribution is 1.91. The van der Waals surface area contributed by atoms with Gasteiger partial charge >= 0.3 is 0 Å². The van der Waals surface area contributed by atoms with Gasteiger partial charge in [0.25, 0.3) is 0 Å². The number of rotatable bonds is 4. The summed E-state index contributed by atoms with van der Waals surface area (Å²) >= 11 is 0. The van der Waals surface area contributed by atoms with Crippen LogP contribution in [0.5, 0.6) is 0 Å². The van der Waals surface area contributed by atoms with Gasteiger partial charge in [-0.1, -0.05) is 6.58 Å². The number of alkyl halides is 1. The number of hydrogen-bond acceptors (Lipinski definition) is 2. The average molecular weight is 120 g/mol. The first-order chi connectivity index (χ1) is 3.81. The van der Waals surface area contributed by atoms with Gasteiger partial charge in [-0.3, -0.25) is 0 Å². The van der Waals surface area contributed by atoms with Gasteiger partial charge in [0.15, 0.2) is 0 Å². The molecule has 48 valence electrons. The normalized spacial score (nSPS) is 13.2. The second-order valence-corrected chi connectivity index (χ2v) is 1.18. The molecule has 0 spiro atoms. The molecule has 0 aromatic heterocycles. The van der Waals surface area contributed by atoms with Gasteiger partial charge in [-0.15, -0.1) is 0 Å². The summed E-state index contributed by atoms with van der Waals surface area (Å²) < 4.78 is 16.2. The smallest absolute Gasteiger partial charge is 0.217 e. The van der Waals surface area contributed by atoms with E-state index < -0.39 is 6.36 Å². The Morgan fingerprint density at radius 1 is 1.88 bits per heavy atom. The van der Waals surface area contributed by atoms with E-state index in [9.17, 15) is 4.39 Å². The maximum absolute atomic E-state index is 11.9. The monoisotopic (exact) mass is 120 g/mol. The summed E-state index contributed by atoms with van der Waals surface area (Å²) in [4.78, 5) is 0. The van der Waals surface area contributed by atoms with E-state index >= 15 is 0 Å². The van der Waals surface area contributed by atoms with Crippen LogP contribution in [0.3, 0.4) is 0 Å². The van der Waals surface area contributed by atoms with Crippen molar-refractivity contribution in [3.05, 3.63) is 12.7 Å². The summed E-state index contributed by atoms with van der Waals surface area (Å²) in [6, 6.07) is 0. The third-order valence-corrected chi connectivity index (χ3v) is 0.554. The van der Waals surface area contributed by atoms with E-state index in [-0.39, 0.29) is 13.2 Å². The van der Waals surface area contributed by atoms with Crippen molar-refractivity contribution in [2.45, 2.75) is 6.36 Å². The molecule has 0 aliphatic heterocycles. The topological polar surface area (TPSA) is 29.5 Å². The Hall–Kier alpha value is -0.410. The zero-order valence-electron chi connectivity index (χ0n) is 4.51. The van der Waals surface area contributed by atoms with Gasteiger partial charge in [-0.05, 0) is 6.08 Å². The molecule has 2 nitrogen and oxygen atoms in total. The van der Waals surface area contributed by atoms with Crippen LogP contribution in [-0.4, -0.2) is 24.7 Å². The fraction of sp³-hybridized carbons (Fsp3) is 0.600. The molecule has 0 fully saturated rings. The first-order valence-electron chi connectivity index (χ1n) is 2.30. The Morgan fingerprint density at radius 2 is 2.50 bits per heavy atom. The minimum atomic E-state index is -1.44. The Labute approximate surface area is 47.6 Å². The maximum Gasteiger partial charge on any atom is 0.217 e. The third kappa shape index (κ3) is 3.77. The van der Waals surface area contributed by atoms with Crippen molar-refractivity contribution in [3.8, 4) is 0 Å². The standard InChI is InChI=1S/C5H9FO2/c1-2-5(6)8-4-3-7/h2,5,7H,1,3-4H2. The minimum absolute atomic E-state index is 0.0210. The molecule has 0 heterocycles. The van der Waals surface area contributed by atoms with Crippen LogP contribution in [0.1, 0.15) is 0 Å². The number of halogens is 1. The molecule has 1 unspecified atom stereocenters. The van der Waals surface area contributed by atoms with E-state index in [4.69, 9.17) is 5.11 Å². The molecular weight excluding hydrogens is 111 g/mol. The van der Waals surface area contributed by atoms with Crippen molar-refractivity contribution in [1.82, 2.24) is 0 Å². The van der Waals surface area contributed by atoms with Crippen LogP contribution in [0.4, 0.5) is 4.39 Å². The highest BCUT2D eigenvalue weighted by molar-refractivity contribution is 4.69. The van der Waals surface area contributed by atoms with Gasteiger partial charge in [0.1, 0.15) is 0 Å². The lowest BCUT2D eigenvalue weighted by atomic mass is 10.6. The molecule has 0 radical (unpaired) electrons. The molecule has 0 aromatic carbocycles. The predicted molar refractivity (Wildman–Crippen MR) is 28.1 cm³/mol. The van der Waals surface area contributed by atoms with Crippen molar-refractivity contribution >= 4 is 0 Å². The predicted octanol–water partition coefficient (Wildman–Crippen LogP) is 0.477. The van der Waals surface area contributed by atoms with Crippen molar-refractivity contribution < 1.29 is 14.2 Å². The lowest BCUT2D eigenvalue weighted by Gasteiger charge is -2.00. The van der Waals surface area contributed by atoms with Crippen LogP contribution in [-0.2, 0) is 4.74 Å². The van der Waals surface area contributed by atoms with E-state index in [0.29, 0.717) is 0 Å². The van der Waals surface area contributed by atoms with Gasteiger partial charge in [-0.25, -0.2) is 4.39 Å². The summed E-state index contributed by atoms with van der Waals surface area (Å²) in [6.45, 7) is 2.99. The van der Waals surface area contributed by atoms with Crippen molar-refractivity contribution in [3.63, 3.8) is 0 Å². The summed E-state index contributed by atoms with van der Waals surface area (Å²) in [5.41, 5.74) is 0. The molecule has 0 aliphatic rings. The van der Waals surface area contributed by atoms with Crippen LogP contribution in [0, 0.1) is 0 Å². The largest absolute Gasteiger partial charge is 0.394 e. The van der Waals surface area contributed by atoms with Gasteiger partial charge in [0.2, 0.25) is 6.36 Å². The SMILES string of the molecule is C=CC(F)OCCO. The Bertz CT molecular complexity index is 65.4. The lowest BCUT2D eigenvalue weighted by molar-refractivity contribution is -0.0186. The zero-order valence-corrected chi connectivity index (χ0v) is 4.51. The van der Waals surface area contributed by atoms with E-state index in [1.54, 1.807) is 0 Å². The van der Waals surface area contributed by atoms with Gasteiger partial charge in [-0.2, -0.15) is 0 Å². The van der Waals surface area contributed by atoms with Gasteiger partial charge in [0, 0.05) is 0 Å². The molecule has 0 saturated heterocycles. The number of ether oxygens (including phenoxy) is 1. The molecular formula is C5H9FO2. The molecule has 0 bridgehead atoms. The number of aliphatic hydroxyl groups excluding tert-OH is 1. The third-order valence-electron chi connectivity index (χ3n) is 0.554. The van der Waals surface area contributed by atoms with Crippen LogP contribution in [0.2, 0.25) is 0 Å². The minimum Gasteiger partial charge on any atom is -0.394 e. The first kappa shape index (κ1) is 7.59. The summed E-state index contributed by atoms with van der Waals surface area (Å²) in [6.07, 6.45) is -0.419. The first-order valence-corrected chi connectivity index (χ1v) is 2.30. The zero-order chi connectivity index (χ0) is 6.41. The van der Waals surface area contributed by atoms with Crippen LogP contribution in [0.25, 0.3) is 0 Å². The Morgan fingerprint density at radius 3 is 2.88 bits per heavy atom. The fourth-order valence-electron chi connectivity index (χ4n) is 0.233. The Kier molecular flexibility index (Phi) is 4.50. The lowest BCUT2D eigenvalue weighted by Crippen LogP contribution is -2.06. The molecule has 8 heavy (non-hydrogen) atoms. The second kappa shape index (κ2) is 4.74. The van der Waals surface area contributed by atoms with Crippen LogP contribution < -0.4 is 0 Å². The van der Waals surface area contributed by atoms with Crippen LogP contribution in [0.15, 0.2) is 12.7 Å². The molecule has 1 atom stereocenters. The molecule has 3 heteroatoms. The van der Waals surface area contributed by atoms with Crippen molar-refractivity contribution in [1.29, 1.82) is 0 Å². The van der Waals surface area contributed by atoms with E-state index in [1.807, 2.05) is 0 Å². The molecule has 0 saturated carbocycles. The second-order valence-electron chi connectivity index (χ2n) is 1.18. The summed E-state index contributed by atoms with van der Waals surface area (Å²) in [5, 5.41) is 8.08. The van der Waals surface area contributed by atoms with Gasteiger partial charge < -0.3 is 9.84 Å². The molecule has 1 N–H and O–H groups in total. The highest BCUT2D eigenvalue weighted by Gasteiger charge is 1.95. The fourth-order valence-corrected chi connectivity index (χ4v) is 0.233. The van der Waals surface area contributed by atoms with E-state index in [2.05, 4.69) is 11.3 Å². The quantitative estimate of drug-likeness (QED) is 0.547. The Balaban J connectivity index is 2.98. The molecule has 0 rings (SSSR count). The maximum atomic E-state index is 11.9. The number of hydrogen-bond donors (Lipinski definition) is 1. The molecule has 0 aliphatic carbocycles. The van der Waals surface area contributed by atoms with Crippen molar-refractivity contribution in [2.24, 2.45) is 0 Å². The summed E-state index contributed by atoms with van der Waals surface area (Å²) in [7, 11) is 0. The van der Waals surface area contributed by atoms with E-state index in [1.165, 1.54) is 0 Å². The molecule has 0 aromatic rings. The van der Waals surface area contributed by atoms with Crippen LogP contribution >= 0.6 is 0 Å². The van der Waals surface area contributed by atoms with E-state index in [0.717, 1.165) is 6.08 Å². The summed E-state index contributed by atoms with van der Waals surface area (Å²) in [5.74, 6) is 0. The highest BCUT2D eigenvalue weighted by atomic mass is 19.1. The van der Waals surface area contributed by atoms with Gasteiger partial charge in [0.05, 0.1) is 13.2 Å². The van der Waals surface area contributed by atoms with Crippen molar-refractivity contribution in [2.75, 3.05) is 13.2 Å². The molecule has 0 amide bonds. The average Bonchev–Trinajstić information content (AvgIpc) is 1.83. The number of aliphatic hydroxyl groups is 1.